The number of aromatic amines is 1. The van der Waals surface area contributed by atoms with Crippen LogP contribution in [-0.4, -0.2) is 47.4 Å². The number of nitrogens with zero attached hydrogens (tertiary/aromatic N) is 2. The van der Waals surface area contributed by atoms with Gasteiger partial charge in [0.05, 0.1) is 21.7 Å². The quantitative estimate of drug-likeness (QED) is 0.504. The molecule has 0 aliphatic carbocycles. The minimum absolute atomic E-state index is 0.126. The lowest BCUT2D eigenvalue weighted by molar-refractivity contribution is -0.113. The van der Waals surface area contributed by atoms with Crippen LogP contribution in [0.5, 0.6) is 0 Å². The van der Waals surface area contributed by atoms with Crippen LogP contribution in [0.25, 0.3) is 11.0 Å². The molecule has 0 bridgehead atoms. The molecule has 3 aromatic rings. The Morgan fingerprint density at radius 1 is 1.21 bits per heavy atom. The van der Waals surface area contributed by atoms with Crippen LogP contribution >= 0.6 is 23.4 Å². The number of fused-ring (bicyclic) bond motifs is 1. The van der Waals surface area contributed by atoms with Crippen LogP contribution in [-0.2, 0) is 14.8 Å². The number of H-pyrrole nitrogens is 1. The lowest BCUT2D eigenvalue weighted by atomic mass is 10.3. The molecule has 0 aliphatic rings. The van der Waals surface area contributed by atoms with Gasteiger partial charge in [0.1, 0.15) is 0 Å². The molecular weight excluding hydrogens is 432 g/mol. The maximum Gasteiger partial charge on any atom is 0.243 e. The highest BCUT2D eigenvalue weighted by molar-refractivity contribution is 7.99. The van der Waals surface area contributed by atoms with Gasteiger partial charge in [-0.05, 0) is 36.4 Å². The van der Waals surface area contributed by atoms with Gasteiger partial charge >= 0.3 is 0 Å². The summed E-state index contributed by atoms with van der Waals surface area (Å²) in [6.45, 7) is 4.34. The lowest BCUT2D eigenvalue weighted by Gasteiger charge is -2.18. The number of thioether (sulfide) groups is 1. The fraction of sp³-hybridized carbons (Fsp3) is 0.263. The van der Waals surface area contributed by atoms with Crippen molar-refractivity contribution in [3.8, 4) is 0 Å². The molecule has 10 heteroatoms. The van der Waals surface area contributed by atoms with Gasteiger partial charge in [-0.3, -0.25) is 4.79 Å². The van der Waals surface area contributed by atoms with E-state index in [9.17, 15) is 13.2 Å². The van der Waals surface area contributed by atoms with Crippen LogP contribution in [0, 0.1) is 0 Å². The van der Waals surface area contributed by atoms with Gasteiger partial charge in [-0.15, -0.1) is 0 Å². The Morgan fingerprint density at radius 2 is 1.97 bits per heavy atom. The van der Waals surface area contributed by atoms with Crippen LogP contribution in [0.15, 0.2) is 52.5 Å². The molecule has 0 spiro atoms. The molecule has 2 aromatic carbocycles. The summed E-state index contributed by atoms with van der Waals surface area (Å²) in [6, 6.07) is 11.6. The summed E-state index contributed by atoms with van der Waals surface area (Å²) in [6.07, 6.45) is 0. The van der Waals surface area contributed by atoms with Crippen molar-refractivity contribution in [1.29, 1.82) is 0 Å². The molecule has 0 atom stereocenters. The number of sulfonamides is 1. The molecule has 0 aliphatic heterocycles. The normalized spacial score (nSPS) is 11.9. The second-order valence-electron chi connectivity index (χ2n) is 6.16. The number of aromatic nitrogens is 2. The number of halogens is 1. The molecule has 0 radical (unpaired) electrons. The van der Waals surface area contributed by atoms with Crippen molar-refractivity contribution < 1.29 is 13.2 Å². The Hall–Kier alpha value is -2.07. The average molecular weight is 453 g/mol. The number of carbonyl (C=O) groups excluding carboxylic acids is 1. The fourth-order valence-electron chi connectivity index (χ4n) is 2.80. The summed E-state index contributed by atoms with van der Waals surface area (Å²) >= 11 is 7.22. The van der Waals surface area contributed by atoms with E-state index < -0.39 is 10.0 Å². The summed E-state index contributed by atoms with van der Waals surface area (Å²) in [5, 5.41) is 3.95. The largest absolute Gasteiger partial charge is 0.333 e. The van der Waals surface area contributed by atoms with E-state index in [1.807, 2.05) is 0 Å². The molecule has 0 fully saturated rings. The summed E-state index contributed by atoms with van der Waals surface area (Å²) < 4.78 is 26.7. The zero-order chi connectivity index (χ0) is 21.0. The van der Waals surface area contributed by atoms with E-state index in [4.69, 9.17) is 11.6 Å². The fourth-order valence-corrected chi connectivity index (χ4v) is 5.17. The molecule has 7 nitrogen and oxygen atoms in total. The van der Waals surface area contributed by atoms with Gasteiger partial charge in [0.2, 0.25) is 15.9 Å². The number of anilines is 1. The maximum absolute atomic E-state index is 12.6. The molecule has 1 amide bonds. The van der Waals surface area contributed by atoms with Gasteiger partial charge < -0.3 is 10.3 Å². The van der Waals surface area contributed by atoms with Gasteiger partial charge in [-0.25, -0.2) is 13.4 Å². The highest BCUT2D eigenvalue weighted by atomic mass is 35.5. The molecule has 2 N–H and O–H groups in total. The van der Waals surface area contributed by atoms with Gasteiger partial charge in [-0.2, -0.15) is 4.31 Å². The monoisotopic (exact) mass is 452 g/mol. The number of hydrogen-bond donors (Lipinski definition) is 2. The Labute approximate surface area is 178 Å². The minimum Gasteiger partial charge on any atom is -0.333 e. The summed E-state index contributed by atoms with van der Waals surface area (Å²) in [7, 11) is -3.58. The van der Waals surface area contributed by atoms with Crippen LogP contribution in [0.1, 0.15) is 13.8 Å². The molecule has 0 saturated heterocycles. The third-order valence-corrected chi connectivity index (χ3v) is 7.38. The van der Waals surface area contributed by atoms with Gasteiger partial charge in [0.15, 0.2) is 5.16 Å². The van der Waals surface area contributed by atoms with E-state index >= 15 is 0 Å². The van der Waals surface area contributed by atoms with Crippen molar-refractivity contribution >= 4 is 56.0 Å². The number of amides is 1. The van der Waals surface area contributed by atoms with Crippen molar-refractivity contribution in [2.24, 2.45) is 0 Å². The van der Waals surface area contributed by atoms with Gasteiger partial charge in [0, 0.05) is 23.8 Å². The van der Waals surface area contributed by atoms with E-state index in [1.165, 1.54) is 28.2 Å². The summed E-state index contributed by atoms with van der Waals surface area (Å²) in [5.41, 5.74) is 2.00. The van der Waals surface area contributed by atoms with Crippen LogP contribution in [0.3, 0.4) is 0 Å². The van der Waals surface area contributed by atoms with Crippen molar-refractivity contribution in [2.45, 2.75) is 23.9 Å². The van der Waals surface area contributed by atoms with Crippen molar-refractivity contribution in [1.82, 2.24) is 14.3 Å². The first-order valence-electron chi connectivity index (χ1n) is 9.01. The standard InChI is InChI=1S/C19H21ClN4O3S2/c1-3-24(4-2)29(26,27)15-7-5-6-14(11-15)21-18(25)12-28-19-22-16-9-8-13(20)10-17(16)23-19/h5-11H,3-4,12H2,1-2H3,(H,21,25)(H,22,23). The molecule has 29 heavy (non-hydrogen) atoms. The predicted octanol–water partition coefficient (Wildman–Crippen LogP) is 3.98. The van der Waals surface area contributed by atoms with E-state index in [1.54, 1.807) is 44.2 Å². The molecular formula is C19H21ClN4O3S2. The van der Waals surface area contributed by atoms with Gasteiger partial charge in [-0.1, -0.05) is 43.3 Å². The Morgan fingerprint density at radius 3 is 2.69 bits per heavy atom. The number of benzene rings is 2. The Balaban J connectivity index is 1.66. The second kappa shape index (κ2) is 9.17. The molecule has 1 heterocycles. The van der Waals surface area contributed by atoms with E-state index in [0.717, 1.165) is 11.0 Å². The maximum atomic E-state index is 12.6. The van der Waals surface area contributed by atoms with Crippen LogP contribution in [0.4, 0.5) is 5.69 Å². The third-order valence-electron chi connectivity index (χ3n) is 4.22. The number of rotatable bonds is 8. The number of carbonyl (C=O) groups is 1. The van der Waals surface area contributed by atoms with E-state index in [-0.39, 0.29) is 16.6 Å². The van der Waals surface area contributed by atoms with Crippen LogP contribution < -0.4 is 5.32 Å². The summed E-state index contributed by atoms with van der Waals surface area (Å²) in [4.78, 5) is 20.0. The van der Waals surface area contributed by atoms with Crippen LogP contribution in [0.2, 0.25) is 5.02 Å². The molecule has 0 unspecified atom stereocenters. The Kier molecular flexibility index (Phi) is 6.84. The molecule has 0 saturated carbocycles. The number of imidazole rings is 1. The highest BCUT2D eigenvalue weighted by Crippen LogP contribution is 2.23. The molecule has 1 aromatic heterocycles. The van der Waals surface area contributed by atoms with E-state index in [0.29, 0.717) is 29.0 Å². The van der Waals surface area contributed by atoms with Gasteiger partial charge in [0.25, 0.3) is 0 Å². The van der Waals surface area contributed by atoms with Crippen molar-refractivity contribution in [2.75, 3.05) is 24.2 Å². The van der Waals surface area contributed by atoms with Crippen molar-refractivity contribution in [3.05, 3.63) is 47.5 Å². The SMILES string of the molecule is CCN(CC)S(=O)(=O)c1cccc(NC(=O)CSc2nc3ccc(Cl)cc3[nH]2)c1. The Bertz CT molecular complexity index is 1130. The first-order chi connectivity index (χ1) is 13.8. The topological polar surface area (TPSA) is 95.2 Å². The van der Waals surface area contributed by atoms with E-state index in [2.05, 4.69) is 15.3 Å². The number of nitrogens with one attached hydrogen (secondary N) is 2. The predicted molar refractivity (Wildman–Crippen MR) is 117 cm³/mol. The zero-order valence-corrected chi connectivity index (χ0v) is 18.4. The summed E-state index contributed by atoms with van der Waals surface area (Å²) in [5.74, 6) is -0.133. The number of hydrogen-bond acceptors (Lipinski definition) is 5. The van der Waals surface area contributed by atoms with Crippen molar-refractivity contribution in [3.63, 3.8) is 0 Å². The zero-order valence-electron chi connectivity index (χ0n) is 16.0. The second-order valence-corrected chi connectivity index (χ2v) is 9.50. The molecule has 3 rings (SSSR count). The highest BCUT2D eigenvalue weighted by Gasteiger charge is 2.21. The minimum atomic E-state index is -3.58. The first kappa shape index (κ1) is 21.6. The molecule has 154 valence electrons. The first-order valence-corrected chi connectivity index (χ1v) is 11.8. The average Bonchev–Trinajstić information content (AvgIpc) is 3.09. The lowest BCUT2D eigenvalue weighted by Crippen LogP contribution is -2.30. The smallest absolute Gasteiger partial charge is 0.243 e. The third kappa shape index (κ3) is 5.11.